The van der Waals surface area contributed by atoms with E-state index in [1.165, 1.54) is 5.56 Å². The summed E-state index contributed by atoms with van der Waals surface area (Å²) in [4.78, 5) is 1.07. The number of thiophene rings is 1. The maximum Gasteiger partial charge on any atom is 0.0888 e. The van der Waals surface area contributed by atoms with E-state index in [4.69, 9.17) is 17.3 Å². The lowest BCUT2D eigenvalue weighted by molar-refractivity contribution is 0.891. The molecule has 1 atom stereocenters. The summed E-state index contributed by atoms with van der Waals surface area (Å²) in [6.07, 6.45) is 0. The predicted molar refractivity (Wildman–Crippen MR) is 74.2 cm³/mol. The van der Waals surface area contributed by atoms with Gasteiger partial charge < -0.3 is 5.73 Å². The molecule has 0 fully saturated rings. The average Bonchev–Trinajstić information content (AvgIpc) is 2.58. The Morgan fingerprint density at radius 3 is 2.69 bits per heavy atom. The maximum absolute atomic E-state index is 6.20. The van der Waals surface area contributed by atoms with E-state index in [1.54, 1.807) is 11.3 Å². The molecule has 1 heterocycles. The zero-order valence-corrected chi connectivity index (χ0v) is 11.9. The molecule has 1 aromatic heterocycles. The zero-order chi connectivity index (χ0) is 11.7. The Kier molecular flexibility index (Phi) is 3.70. The number of hydrogen-bond donors (Lipinski definition) is 1. The summed E-state index contributed by atoms with van der Waals surface area (Å²) in [5.74, 6) is 0. The van der Waals surface area contributed by atoms with Gasteiger partial charge in [-0.2, -0.15) is 0 Å². The van der Waals surface area contributed by atoms with Crippen LogP contribution in [0.25, 0.3) is 0 Å². The molecule has 1 nitrogen and oxygen atoms in total. The highest BCUT2D eigenvalue weighted by Crippen LogP contribution is 2.36. The van der Waals surface area contributed by atoms with Crippen LogP contribution in [0.3, 0.4) is 0 Å². The Morgan fingerprint density at radius 1 is 1.38 bits per heavy atom. The fraction of sp³-hybridized carbons (Fsp3) is 0.167. The number of halogens is 2. The molecule has 0 saturated carbocycles. The van der Waals surface area contributed by atoms with Crippen molar-refractivity contribution < 1.29 is 0 Å². The second-order valence-corrected chi connectivity index (χ2v) is 6.47. The third-order valence-corrected chi connectivity index (χ3v) is 4.93. The molecule has 4 heteroatoms. The molecule has 84 valence electrons. The SMILES string of the molecule is Cc1cccc(C(N)c2cc(Cl)c(Br)s2)c1. The summed E-state index contributed by atoms with van der Waals surface area (Å²) >= 11 is 11.0. The van der Waals surface area contributed by atoms with Gasteiger partial charge in [0.15, 0.2) is 0 Å². The highest BCUT2D eigenvalue weighted by Gasteiger charge is 2.13. The monoisotopic (exact) mass is 315 g/mol. The zero-order valence-electron chi connectivity index (χ0n) is 8.71. The van der Waals surface area contributed by atoms with Gasteiger partial charge in [-0.15, -0.1) is 11.3 Å². The molecule has 0 bridgehead atoms. The standard InChI is InChI=1S/C12H11BrClNS/c1-7-3-2-4-8(5-7)11(15)10-6-9(14)12(13)16-10/h2-6,11H,15H2,1H3. The van der Waals surface area contributed by atoms with Gasteiger partial charge in [0.05, 0.1) is 14.9 Å². The van der Waals surface area contributed by atoms with Crippen molar-refractivity contribution in [1.82, 2.24) is 0 Å². The van der Waals surface area contributed by atoms with E-state index in [2.05, 4.69) is 35.0 Å². The van der Waals surface area contributed by atoms with Gasteiger partial charge >= 0.3 is 0 Å². The number of rotatable bonds is 2. The third kappa shape index (κ3) is 2.48. The Labute approximate surface area is 112 Å². The molecular formula is C12H11BrClNS. The average molecular weight is 317 g/mol. The fourth-order valence-corrected chi connectivity index (χ4v) is 3.32. The van der Waals surface area contributed by atoms with Crippen LogP contribution in [0.15, 0.2) is 34.1 Å². The first-order valence-electron chi connectivity index (χ1n) is 4.85. The summed E-state index contributed by atoms with van der Waals surface area (Å²) in [6.45, 7) is 2.06. The van der Waals surface area contributed by atoms with Crippen molar-refractivity contribution in [1.29, 1.82) is 0 Å². The number of aryl methyl sites for hydroxylation is 1. The van der Waals surface area contributed by atoms with Crippen LogP contribution in [0.5, 0.6) is 0 Å². The largest absolute Gasteiger partial charge is 0.320 e. The van der Waals surface area contributed by atoms with Gasteiger partial charge in [-0.1, -0.05) is 41.4 Å². The Hall–Kier alpha value is -0.350. The summed E-state index contributed by atoms with van der Waals surface area (Å²) in [5.41, 5.74) is 8.53. The summed E-state index contributed by atoms with van der Waals surface area (Å²) < 4.78 is 0.937. The van der Waals surface area contributed by atoms with Crippen LogP contribution in [0.1, 0.15) is 22.0 Å². The lowest BCUT2D eigenvalue weighted by atomic mass is 10.0. The van der Waals surface area contributed by atoms with Crippen molar-refractivity contribution in [3.8, 4) is 0 Å². The molecule has 16 heavy (non-hydrogen) atoms. The molecule has 2 aromatic rings. The Balaban J connectivity index is 2.35. The van der Waals surface area contributed by atoms with Crippen molar-refractivity contribution in [3.05, 3.63) is 55.1 Å². The van der Waals surface area contributed by atoms with Crippen LogP contribution in [0.4, 0.5) is 0 Å². The highest BCUT2D eigenvalue weighted by molar-refractivity contribution is 9.11. The van der Waals surface area contributed by atoms with Crippen molar-refractivity contribution in [2.75, 3.05) is 0 Å². The minimum absolute atomic E-state index is 0.103. The summed E-state index contributed by atoms with van der Waals surface area (Å²) in [7, 11) is 0. The molecule has 0 saturated heterocycles. The molecule has 0 aliphatic heterocycles. The summed E-state index contributed by atoms with van der Waals surface area (Å²) in [5, 5.41) is 0.725. The van der Waals surface area contributed by atoms with Crippen LogP contribution < -0.4 is 5.73 Å². The van der Waals surface area contributed by atoms with Gasteiger partial charge in [0.1, 0.15) is 0 Å². The molecule has 1 unspecified atom stereocenters. The van der Waals surface area contributed by atoms with Crippen molar-refractivity contribution in [3.63, 3.8) is 0 Å². The molecule has 0 aliphatic carbocycles. The molecule has 2 rings (SSSR count). The van der Waals surface area contributed by atoms with Crippen molar-refractivity contribution in [2.45, 2.75) is 13.0 Å². The molecule has 0 spiro atoms. The molecular weight excluding hydrogens is 306 g/mol. The van der Waals surface area contributed by atoms with Crippen LogP contribution in [-0.2, 0) is 0 Å². The van der Waals surface area contributed by atoms with E-state index >= 15 is 0 Å². The topological polar surface area (TPSA) is 26.0 Å². The van der Waals surface area contributed by atoms with E-state index in [0.717, 1.165) is 19.2 Å². The smallest absolute Gasteiger partial charge is 0.0888 e. The van der Waals surface area contributed by atoms with Gasteiger partial charge in [-0.05, 0) is 34.5 Å². The summed E-state index contributed by atoms with van der Waals surface area (Å²) in [6, 6.07) is 10.0. The molecule has 0 radical (unpaired) electrons. The van der Waals surface area contributed by atoms with Crippen LogP contribution in [0, 0.1) is 6.92 Å². The van der Waals surface area contributed by atoms with Gasteiger partial charge in [0.25, 0.3) is 0 Å². The van der Waals surface area contributed by atoms with Gasteiger partial charge in [-0.3, -0.25) is 0 Å². The first kappa shape index (κ1) is 12.1. The molecule has 2 N–H and O–H groups in total. The Morgan fingerprint density at radius 2 is 2.12 bits per heavy atom. The van der Waals surface area contributed by atoms with Gasteiger partial charge in [0.2, 0.25) is 0 Å². The van der Waals surface area contributed by atoms with Crippen LogP contribution in [-0.4, -0.2) is 0 Å². The number of benzene rings is 1. The van der Waals surface area contributed by atoms with Crippen molar-refractivity contribution in [2.24, 2.45) is 5.73 Å². The van der Waals surface area contributed by atoms with E-state index in [0.29, 0.717) is 0 Å². The predicted octanol–water partition coefficient (Wildman–Crippen LogP) is 4.52. The maximum atomic E-state index is 6.20. The minimum Gasteiger partial charge on any atom is -0.320 e. The van der Waals surface area contributed by atoms with Gasteiger partial charge in [-0.25, -0.2) is 0 Å². The molecule has 1 aromatic carbocycles. The van der Waals surface area contributed by atoms with E-state index in [9.17, 15) is 0 Å². The minimum atomic E-state index is -0.103. The van der Waals surface area contributed by atoms with Crippen LogP contribution in [0.2, 0.25) is 5.02 Å². The van der Waals surface area contributed by atoms with Crippen LogP contribution >= 0.6 is 38.9 Å². The van der Waals surface area contributed by atoms with E-state index in [1.807, 2.05) is 18.2 Å². The van der Waals surface area contributed by atoms with Gasteiger partial charge in [0, 0.05) is 4.88 Å². The normalized spacial score (nSPS) is 12.8. The fourth-order valence-electron chi connectivity index (χ4n) is 1.54. The van der Waals surface area contributed by atoms with E-state index in [-0.39, 0.29) is 6.04 Å². The molecule has 0 aliphatic rings. The first-order chi connectivity index (χ1) is 7.58. The second-order valence-electron chi connectivity index (χ2n) is 3.66. The first-order valence-corrected chi connectivity index (χ1v) is 6.83. The quantitative estimate of drug-likeness (QED) is 0.866. The highest BCUT2D eigenvalue weighted by atomic mass is 79.9. The lowest BCUT2D eigenvalue weighted by Crippen LogP contribution is -2.10. The number of hydrogen-bond acceptors (Lipinski definition) is 2. The Bertz CT molecular complexity index is 490. The number of nitrogens with two attached hydrogens (primary N) is 1. The molecule has 0 amide bonds. The second kappa shape index (κ2) is 4.88. The van der Waals surface area contributed by atoms with Crippen molar-refractivity contribution >= 4 is 38.9 Å². The van der Waals surface area contributed by atoms with E-state index < -0.39 is 0 Å². The third-order valence-electron chi connectivity index (χ3n) is 2.37. The lowest BCUT2D eigenvalue weighted by Gasteiger charge is -2.10.